The van der Waals surface area contributed by atoms with E-state index in [4.69, 9.17) is 4.74 Å². The van der Waals surface area contributed by atoms with E-state index >= 15 is 0 Å². The molecule has 2 heterocycles. The molecule has 0 radical (unpaired) electrons. The van der Waals surface area contributed by atoms with Gasteiger partial charge in [-0.05, 0) is 54.5 Å². The molecular weight excluding hydrogens is 448 g/mol. The van der Waals surface area contributed by atoms with Crippen LogP contribution >= 0.6 is 11.3 Å². The number of nitrogens with zero attached hydrogens (tertiary/aromatic N) is 3. The summed E-state index contributed by atoms with van der Waals surface area (Å²) in [6, 6.07) is 11.8. The first-order chi connectivity index (χ1) is 16.5. The number of carbonyl (C=O) groups excluding carboxylic acids is 1. The third-order valence-electron chi connectivity index (χ3n) is 6.21. The number of amides is 1. The maximum atomic E-state index is 13.1. The number of thiophene rings is 1. The Hall–Kier alpha value is -3.52. The molecule has 1 atom stereocenters. The number of ether oxygens (including phenoxy) is 1. The highest BCUT2D eigenvalue weighted by Crippen LogP contribution is 2.35. The lowest BCUT2D eigenvalue weighted by molar-refractivity contribution is -0.121. The fourth-order valence-electron chi connectivity index (χ4n) is 4.53. The third-order valence-corrected chi connectivity index (χ3v) is 7.37. The van der Waals surface area contributed by atoms with E-state index in [2.05, 4.69) is 22.4 Å². The molecule has 8 heteroatoms. The van der Waals surface area contributed by atoms with Gasteiger partial charge in [-0.1, -0.05) is 37.3 Å². The Morgan fingerprint density at radius 1 is 1.32 bits per heavy atom. The first-order valence-corrected chi connectivity index (χ1v) is 12.3. The van der Waals surface area contributed by atoms with Gasteiger partial charge in [0.2, 0.25) is 0 Å². The zero-order valence-corrected chi connectivity index (χ0v) is 20.0. The fourth-order valence-corrected chi connectivity index (χ4v) is 5.87. The maximum Gasteiger partial charge on any atom is 0.262 e. The van der Waals surface area contributed by atoms with Gasteiger partial charge in [0.1, 0.15) is 17.1 Å². The Kier molecular flexibility index (Phi) is 6.15. The molecule has 0 fully saturated rings. The summed E-state index contributed by atoms with van der Waals surface area (Å²) in [5.41, 5.74) is 4.28. The molecule has 174 valence electrons. The van der Waals surface area contributed by atoms with E-state index in [1.807, 2.05) is 43.3 Å². The van der Waals surface area contributed by atoms with E-state index in [9.17, 15) is 9.59 Å². The van der Waals surface area contributed by atoms with Crippen molar-refractivity contribution in [2.45, 2.75) is 39.7 Å². The molecule has 1 unspecified atom stereocenters. The second-order valence-corrected chi connectivity index (χ2v) is 9.72. The van der Waals surface area contributed by atoms with Crippen molar-refractivity contribution in [3.63, 3.8) is 0 Å². The highest BCUT2D eigenvalue weighted by Gasteiger charge is 2.23. The van der Waals surface area contributed by atoms with E-state index in [-0.39, 0.29) is 12.1 Å². The summed E-state index contributed by atoms with van der Waals surface area (Å²) in [6.07, 6.45) is 5.99. The zero-order valence-electron chi connectivity index (χ0n) is 19.2. The third kappa shape index (κ3) is 4.21. The van der Waals surface area contributed by atoms with Crippen molar-refractivity contribution in [3.05, 3.63) is 69.1 Å². The number of carbonyl (C=O) groups is 1. The molecule has 1 amide bonds. The highest BCUT2D eigenvalue weighted by molar-refractivity contribution is 7.18. The Labute approximate surface area is 201 Å². The second-order valence-electron chi connectivity index (χ2n) is 8.63. The summed E-state index contributed by atoms with van der Waals surface area (Å²) in [4.78, 5) is 32.2. The highest BCUT2D eigenvalue weighted by atomic mass is 32.1. The van der Waals surface area contributed by atoms with Crippen molar-refractivity contribution in [2.24, 2.45) is 11.0 Å². The molecule has 0 aliphatic heterocycles. The van der Waals surface area contributed by atoms with Crippen LogP contribution in [0, 0.1) is 5.92 Å². The van der Waals surface area contributed by atoms with Gasteiger partial charge in [-0.15, -0.1) is 11.3 Å². The summed E-state index contributed by atoms with van der Waals surface area (Å²) in [5, 5.41) is 6.86. The van der Waals surface area contributed by atoms with E-state index in [1.165, 1.54) is 15.8 Å². The SMILES string of the molecule is CCOc1ccc2ccccc2c1C=NNC(=O)Cn1cnc2sc3c(c2c1=O)CCC(C)C3. The average molecular weight is 475 g/mol. The largest absolute Gasteiger partial charge is 0.493 e. The lowest BCUT2D eigenvalue weighted by Crippen LogP contribution is -2.30. The van der Waals surface area contributed by atoms with Crippen LogP contribution < -0.4 is 15.7 Å². The first kappa shape index (κ1) is 22.3. The van der Waals surface area contributed by atoms with Crippen LogP contribution in [0.25, 0.3) is 21.0 Å². The zero-order chi connectivity index (χ0) is 23.7. The van der Waals surface area contributed by atoms with Crippen LogP contribution in [0.3, 0.4) is 0 Å². The summed E-state index contributed by atoms with van der Waals surface area (Å²) in [6.45, 7) is 4.54. The van der Waals surface area contributed by atoms with Crippen LogP contribution in [0.2, 0.25) is 0 Å². The van der Waals surface area contributed by atoms with Crippen LogP contribution in [-0.4, -0.2) is 28.3 Å². The Balaban J connectivity index is 1.36. The molecule has 34 heavy (non-hydrogen) atoms. The minimum atomic E-state index is -0.393. The van der Waals surface area contributed by atoms with Gasteiger partial charge in [0.25, 0.3) is 11.5 Å². The van der Waals surface area contributed by atoms with E-state index in [0.717, 1.165) is 46.0 Å². The summed E-state index contributed by atoms with van der Waals surface area (Å²) >= 11 is 1.60. The molecule has 4 aromatic rings. The molecular formula is C26H26N4O3S. The molecule has 0 saturated carbocycles. The minimum absolute atomic E-state index is 0.145. The van der Waals surface area contributed by atoms with Gasteiger partial charge in [0.05, 0.1) is 24.5 Å². The maximum absolute atomic E-state index is 13.1. The van der Waals surface area contributed by atoms with Crippen molar-refractivity contribution in [2.75, 3.05) is 6.61 Å². The van der Waals surface area contributed by atoms with Crippen molar-refractivity contribution >= 4 is 44.4 Å². The van der Waals surface area contributed by atoms with Crippen LogP contribution in [0.1, 0.15) is 36.3 Å². The fraction of sp³-hybridized carbons (Fsp3) is 0.308. The average Bonchev–Trinajstić information content (AvgIpc) is 3.20. The smallest absolute Gasteiger partial charge is 0.262 e. The number of hydrogen-bond donors (Lipinski definition) is 1. The standard InChI is InChI=1S/C26H26N4O3S/c1-3-33-21-11-9-17-6-4-5-7-18(17)20(21)13-28-29-23(31)14-30-15-27-25-24(26(30)32)19-10-8-16(2)12-22(19)34-25/h4-7,9,11,13,15-16H,3,8,10,12,14H2,1-2H3,(H,29,31). The van der Waals surface area contributed by atoms with Crippen LogP contribution in [-0.2, 0) is 24.2 Å². The van der Waals surface area contributed by atoms with Gasteiger partial charge >= 0.3 is 0 Å². The van der Waals surface area contributed by atoms with E-state index in [0.29, 0.717) is 23.7 Å². The molecule has 0 bridgehead atoms. The van der Waals surface area contributed by atoms with E-state index in [1.54, 1.807) is 17.6 Å². The Morgan fingerprint density at radius 2 is 2.18 bits per heavy atom. The number of benzene rings is 2. The summed E-state index contributed by atoms with van der Waals surface area (Å²) in [7, 11) is 0. The van der Waals surface area contributed by atoms with Crippen LogP contribution in [0.5, 0.6) is 5.75 Å². The predicted octanol–water partition coefficient (Wildman–Crippen LogP) is 4.29. The first-order valence-electron chi connectivity index (χ1n) is 11.5. The number of hydrogen-bond acceptors (Lipinski definition) is 6. The van der Waals surface area contributed by atoms with Gasteiger partial charge in [-0.2, -0.15) is 5.10 Å². The quantitative estimate of drug-likeness (QED) is 0.334. The molecule has 1 aliphatic rings. The monoisotopic (exact) mass is 474 g/mol. The number of rotatable bonds is 6. The Morgan fingerprint density at radius 3 is 3.03 bits per heavy atom. The Bertz CT molecular complexity index is 1470. The lowest BCUT2D eigenvalue weighted by Gasteiger charge is -2.17. The molecule has 0 spiro atoms. The number of nitrogens with one attached hydrogen (secondary N) is 1. The minimum Gasteiger partial charge on any atom is -0.493 e. The van der Waals surface area contributed by atoms with Crippen molar-refractivity contribution < 1.29 is 9.53 Å². The molecule has 7 nitrogen and oxygen atoms in total. The summed E-state index contributed by atoms with van der Waals surface area (Å²) < 4.78 is 7.11. The van der Waals surface area contributed by atoms with Gasteiger partial charge in [-0.3, -0.25) is 14.2 Å². The number of hydrazone groups is 1. The van der Waals surface area contributed by atoms with E-state index < -0.39 is 5.91 Å². The summed E-state index contributed by atoms with van der Waals surface area (Å²) in [5.74, 6) is 0.924. The topological polar surface area (TPSA) is 85.6 Å². The van der Waals surface area contributed by atoms with Crippen molar-refractivity contribution in [1.29, 1.82) is 0 Å². The van der Waals surface area contributed by atoms with Gasteiger partial charge < -0.3 is 4.74 Å². The predicted molar refractivity (Wildman–Crippen MR) is 136 cm³/mol. The molecule has 1 aliphatic carbocycles. The van der Waals surface area contributed by atoms with Crippen molar-refractivity contribution in [1.82, 2.24) is 15.0 Å². The van der Waals surface area contributed by atoms with Gasteiger partial charge in [-0.25, -0.2) is 10.4 Å². The number of fused-ring (bicyclic) bond motifs is 4. The molecule has 0 saturated heterocycles. The van der Waals surface area contributed by atoms with Crippen LogP contribution in [0.15, 0.2) is 52.6 Å². The molecule has 2 aromatic carbocycles. The normalized spacial score (nSPS) is 15.6. The molecule has 2 aromatic heterocycles. The molecule has 5 rings (SSSR count). The van der Waals surface area contributed by atoms with Crippen molar-refractivity contribution in [3.8, 4) is 5.75 Å². The number of aromatic nitrogens is 2. The van der Waals surface area contributed by atoms with Crippen LogP contribution in [0.4, 0.5) is 0 Å². The molecule has 1 N–H and O–H groups in total. The lowest BCUT2D eigenvalue weighted by atomic mass is 9.89. The van der Waals surface area contributed by atoms with Gasteiger partial charge in [0, 0.05) is 10.4 Å². The number of aryl methyl sites for hydroxylation is 1. The van der Waals surface area contributed by atoms with Gasteiger partial charge in [0.15, 0.2) is 0 Å². The second kappa shape index (κ2) is 9.38.